The summed E-state index contributed by atoms with van der Waals surface area (Å²) in [5.41, 5.74) is -0.408. The highest BCUT2D eigenvalue weighted by molar-refractivity contribution is 6.08. The fourth-order valence-corrected chi connectivity index (χ4v) is 3.43. The summed E-state index contributed by atoms with van der Waals surface area (Å²) in [6.45, 7) is 2.58. The van der Waals surface area contributed by atoms with E-state index in [0.29, 0.717) is 12.1 Å². The van der Waals surface area contributed by atoms with Crippen LogP contribution in [0.3, 0.4) is 0 Å². The summed E-state index contributed by atoms with van der Waals surface area (Å²) < 4.78 is 4.97. The Morgan fingerprint density at radius 3 is 2.63 bits per heavy atom. The van der Waals surface area contributed by atoms with Gasteiger partial charge in [0.25, 0.3) is 11.8 Å². The average Bonchev–Trinajstić information content (AvgIpc) is 2.94. The predicted molar refractivity (Wildman–Crippen MR) is 112 cm³/mol. The van der Waals surface area contributed by atoms with Gasteiger partial charge in [-0.2, -0.15) is 0 Å². The molecule has 8 nitrogen and oxygen atoms in total. The largest absolute Gasteiger partial charge is 0.454 e. The van der Waals surface area contributed by atoms with Gasteiger partial charge in [-0.05, 0) is 24.8 Å². The normalized spacial score (nSPS) is 18.4. The van der Waals surface area contributed by atoms with Crippen LogP contribution in [0.4, 0.5) is 10.5 Å². The Kier molecular flexibility index (Phi) is 6.34. The Morgan fingerprint density at radius 2 is 1.87 bits per heavy atom. The smallest absolute Gasteiger partial charge is 0.326 e. The highest BCUT2D eigenvalue weighted by Gasteiger charge is 2.47. The fourth-order valence-electron chi connectivity index (χ4n) is 3.43. The van der Waals surface area contributed by atoms with Crippen LogP contribution < -0.4 is 10.6 Å². The second kappa shape index (κ2) is 8.94. The highest BCUT2D eigenvalue weighted by atomic mass is 16.5. The number of carbonyl (C=O) groups excluding carboxylic acids is 4. The number of nitrogens with one attached hydrogen (secondary N) is 2. The van der Waals surface area contributed by atoms with Crippen LogP contribution in [0, 0.1) is 0 Å². The molecular formula is C22H25N3O5. The lowest BCUT2D eigenvalue weighted by Gasteiger charge is -2.21. The van der Waals surface area contributed by atoms with Crippen LogP contribution in [0.1, 0.15) is 33.1 Å². The molecule has 0 spiro atoms. The van der Waals surface area contributed by atoms with Crippen LogP contribution >= 0.6 is 0 Å². The minimum atomic E-state index is -1.01. The number of urea groups is 1. The second-order valence-corrected chi connectivity index (χ2v) is 7.49. The minimum Gasteiger partial charge on any atom is -0.454 e. The molecule has 2 aromatic rings. The van der Waals surface area contributed by atoms with Crippen molar-refractivity contribution in [1.29, 1.82) is 0 Å². The van der Waals surface area contributed by atoms with Crippen molar-refractivity contribution in [1.82, 2.24) is 10.2 Å². The zero-order valence-electron chi connectivity index (χ0n) is 17.1. The van der Waals surface area contributed by atoms with Gasteiger partial charge in [-0.1, -0.05) is 56.2 Å². The van der Waals surface area contributed by atoms with E-state index in [1.54, 1.807) is 13.0 Å². The third-order valence-corrected chi connectivity index (χ3v) is 5.09. The van der Waals surface area contributed by atoms with Gasteiger partial charge in [0.1, 0.15) is 12.1 Å². The molecule has 3 rings (SSSR count). The number of hydrogen-bond donors (Lipinski definition) is 2. The summed E-state index contributed by atoms with van der Waals surface area (Å²) in [6, 6.07) is 12.4. The summed E-state index contributed by atoms with van der Waals surface area (Å²) in [6.07, 6.45) is 2.15. The molecule has 0 radical (unpaired) electrons. The van der Waals surface area contributed by atoms with Gasteiger partial charge in [-0.25, -0.2) is 4.79 Å². The first-order valence-electron chi connectivity index (χ1n) is 9.91. The Bertz CT molecular complexity index is 984. The van der Waals surface area contributed by atoms with E-state index in [1.807, 2.05) is 43.3 Å². The molecule has 0 aromatic heterocycles. The first-order valence-corrected chi connectivity index (χ1v) is 9.91. The molecule has 1 atom stereocenters. The van der Waals surface area contributed by atoms with E-state index in [1.165, 1.54) is 0 Å². The summed E-state index contributed by atoms with van der Waals surface area (Å²) in [5.74, 6) is -1.80. The van der Waals surface area contributed by atoms with Crippen LogP contribution in [-0.2, 0) is 19.1 Å². The van der Waals surface area contributed by atoms with E-state index >= 15 is 0 Å². The molecule has 1 aliphatic rings. The molecule has 1 heterocycles. The van der Waals surface area contributed by atoms with Crippen molar-refractivity contribution in [3.63, 3.8) is 0 Å². The van der Waals surface area contributed by atoms with Crippen LogP contribution in [0.5, 0.6) is 0 Å². The van der Waals surface area contributed by atoms with Gasteiger partial charge in [0.15, 0.2) is 6.61 Å². The van der Waals surface area contributed by atoms with Crippen molar-refractivity contribution in [2.75, 3.05) is 18.5 Å². The molecule has 2 aromatic carbocycles. The predicted octanol–water partition coefficient (Wildman–Crippen LogP) is 2.82. The third-order valence-electron chi connectivity index (χ3n) is 5.09. The number of imide groups is 1. The zero-order valence-corrected chi connectivity index (χ0v) is 17.1. The number of esters is 1. The van der Waals surface area contributed by atoms with Crippen LogP contribution in [0.15, 0.2) is 42.5 Å². The van der Waals surface area contributed by atoms with E-state index in [0.717, 1.165) is 28.5 Å². The quantitative estimate of drug-likeness (QED) is 0.513. The molecule has 8 heteroatoms. The van der Waals surface area contributed by atoms with Crippen molar-refractivity contribution in [3.05, 3.63) is 42.5 Å². The number of benzene rings is 2. The number of anilines is 1. The first kappa shape index (κ1) is 21.3. The second-order valence-electron chi connectivity index (χ2n) is 7.49. The molecule has 0 aliphatic carbocycles. The summed E-state index contributed by atoms with van der Waals surface area (Å²) >= 11 is 0. The summed E-state index contributed by atoms with van der Waals surface area (Å²) in [5, 5.41) is 7.18. The number of amides is 4. The van der Waals surface area contributed by atoms with Gasteiger partial charge >= 0.3 is 12.0 Å². The van der Waals surface area contributed by atoms with Crippen molar-refractivity contribution in [3.8, 4) is 0 Å². The van der Waals surface area contributed by atoms with E-state index in [2.05, 4.69) is 10.6 Å². The summed E-state index contributed by atoms with van der Waals surface area (Å²) in [7, 11) is 0. The maximum atomic E-state index is 12.5. The van der Waals surface area contributed by atoms with Crippen LogP contribution in [0.25, 0.3) is 10.8 Å². The molecule has 1 saturated heterocycles. The van der Waals surface area contributed by atoms with Gasteiger partial charge in [0, 0.05) is 11.1 Å². The van der Waals surface area contributed by atoms with E-state index in [9.17, 15) is 19.2 Å². The number of rotatable bonds is 8. The van der Waals surface area contributed by atoms with Gasteiger partial charge < -0.3 is 15.4 Å². The lowest BCUT2D eigenvalue weighted by molar-refractivity contribution is -0.150. The Balaban J connectivity index is 1.54. The SMILES string of the molecule is CCCC[C@]1(C)NC(=O)N(CC(=O)OCC(=O)Nc2cccc3ccccc23)C1=O. The topological polar surface area (TPSA) is 105 Å². The lowest BCUT2D eigenvalue weighted by atomic mass is 9.95. The molecule has 1 aliphatic heterocycles. The number of hydrogen-bond acceptors (Lipinski definition) is 5. The Labute approximate surface area is 174 Å². The van der Waals surface area contributed by atoms with Crippen molar-refractivity contribution in [2.24, 2.45) is 0 Å². The van der Waals surface area contributed by atoms with E-state index < -0.39 is 42.5 Å². The molecule has 2 N–H and O–H groups in total. The number of fused-ring (bicyclic) bond motifs is 1. The fraction of sp³-hybridized carbons (Fsp3) is 0.364. The summed E-state index contributed by atoms with van der Waals surface area (Å²) in [4.78, 5) is 49.8. The molecule has 0 unspecified atom stereocenters. The molecule has 158 valence electrons. The first-order chi connectivity index (χ1) is 14.3. The van der Waals surface area contributed by atoms with Crippen molar-refractivity contribution >= 4 is 40.3 Å². The van der Waals surface area contributed by atoms with Crippen molar-refractivity contribution in [2.45, 2.75) is 38.6 Å². The lowest BCUT2D eigenvalue weighted by Crippen LogP contribution is -2.44. The molecule has 1 fully saturated rings. The number of ether oxygens (including phenoxy) is 1. The molecule has 4 amide bonds. The number of nitrogens with zero attached hydrogens (tertiary/aromatic N) is 1. The zero-order chi connectivity index (χ0) is 21.7. The maximum Gasteiger partial charge on any atom is 0.326 e. The highest BCUT2D eigenvalue weighted by Crippen LogP contribution is 2.24. The van der Waals surface area contributed by atoms with E-state index in [-0.39, 0.29) is 0 Å². The van der Waals surface area contributed by atoms with Crippen LogP contribution in [0.2, 0.25) is 0 Å². The molecule has 0 saturated carbocycles. The van der Waals surface area contributed by atoms with Gasteiger partial charge in [-0.3, -0.25) is 19.3 Å². The third kappa shape index (κ3) is 4.59. The van der Waals surface area contributed by atoms with Gasteiger partial charge in [0.2, 0.25) is 0 Å². The standard InChI is InChI=1S/C22H25N3O5/c1-3-4-12-22(2)20(28)25(21(29)24-22)13-19(27)30-14-18(26)23-17-11-7-9-15-8-5-6-10-16(15)17/h5-11H,3-4,12-14H2,1-2H3,(H,23,26)(H,24,29)/t22-/m0/s1. The van der Waals surface area contributed by atoms with E-state index in [4.69, 9.17) is 4.74 Å². The van der Waals surface area contributed by atoms with Crippen LogP contribution in [-0.4, -0.2) is 47.4 Å². The van der Waals surface area contributed by atoms with Gasteiger partial charge in [0.05, 0.1) is 0 Å². The average molecular weight is 411 g/mol. The maximum absolute atomic E-state index is 12.5. The molecule has 0 bridgehead atoms. The molecule has 30 heavy (non-hydrogen) atoms. The minimum absolute atomic E-state index is 0.460. The Hall–Kier alpha value is -3.42. The van der Waals surface area contributed by atoms with Gasteiger partial charge in [-0.15, -0.1) is 0 Å². The monoisotopic (exact) mass is 411 g/mol. The number of unbranched alkanes of at least 4 members (excludes halogenated alkanes) is 1. The number of carbonyl (C=O) groups is 4. The molecular weight excluding hydrogens is 386 g/mol. The van der Waals surface area contributed by atoms with Crippen molar-refractivity contribution < 1.29 is 23.9 Å². The Morgan fingerprint density at radius 1 is 1.13 bits per heavy atom.